The predicted molar refractivity (Wildman–Crippen MR) is 110 cm³/mol. The average Bonchev–Trinajstić information content (AvgIpc) is 2.69. The van der Waals surface area contributed by atoms with E-state index in [9.17, 15) is 4.79 Å². The molecule has 1 saturated heterocycles. The molecule has 1 heterocycles. The van der Waals surface area contributed by atoms with Crippen LogP contribution in [0.1, 0.15) is 22.3 Å². The predicted octanol–water partition coefficient (Wildman–Crippen LogP) is 3.34. The summed E-state index contributed by atoms with van der Waals surface area (Å²) in [5.41, 5.74) is 2.57. The number of benzene rings is 2. The van der Waals surface area contributed by atoms with Crippen molar-refractivity contribution in [1.29, 1.82) is 0 Å². The molecule has 0 saturated carbocycles. The number of hydrogen-bond acceptors (Lipinski definition) is 4. The fourth-order valence-corrected chi connectivity index (χ4v) is 3.60. The molecule has 0 spiro atoms. The highest BCUT2D eigenvalue weighted by molar-refractivity contribution is 6.33. The number of anilines is 1. The van der Waals surface area contributed by atoms with Gasteiger partial charge >= 0.3 is 5.97 Å². The Hall–Kier alpha value is -2.08. The molecule has 3 rings (SSSR count). The van der Waals surface area contributed by atoms with Crippen LogP contribution in [0.15, 0.2) is 48.5 Å². The van der Waals surface area contributed by atoms with Gasteiger partial charge in [-0.25, -0.2) is 4.79 Å². The summed E-state index contributed by atoms with van der Waals surface area (Å²) in [5.74, 6) is -0.885. The molecule has 2 aromatic rings. The van der Waals surface area contributed by atoms with Crippen molar-refractivity contribution >= 4 is 23.3 Å². The summed E-state index contributed by atoms with van der Waals surface area (Å²) in [7, 11) is 0. The summed E-state index contributed by atoms with van der Waals surface area (Å²) in [4.78, 5) is 15.7. The van der Waals surface area contributed by atoms with Crippen molar-refractivity contribution in [3.63, 3.8) is 0 Å². The lowest BCUT2D eigenvalue weighted by Gasteiger charge is -2.36. The zero-order valence-electron chi connectivity index (χ0n) is 15.4. The minimum absolute atomic E-state index is 0.328. The number of carboxylic acid groups (broad SMARTS) is 1. The minimum atomic E-state index is -0.885. The summed E-state index contributed by atoms with van der Waals surface area (Å²) >= 11 is 6.29. The van der Waals surface area contributed by atoms with Crippen LogP contribution in [-0.2, 0) is 6.54 Å². The SMILES string of the molecule is O=C(O)c1ccc(CNCCCN2CCN(c3ccccc3Cl)CC2)cc1. The van der Waals surface area contributed by atoms with Gasteiger partial charge in [-0.05, 0) is 49.3 Å². The number of carboxylic acids is 1. The number of halogens is 1. The number of nitrogens with one attached hydrogen (secondary N) is 1. The standard InChI is InChI=1S/C21H26ClN3O2/c22-19-4-1-2-5-20(19)25-14-12-24(13-15-25)11-3-10-23-16-17-6-8-18(9-7-17)21(26)27/h1-2,4-9,23H,3,10-16H2,(H,26,27). The van der Waals surface area contributed by atoms with Gasteiger partial charge in [-0.2, -0.15) is 0 Å². The molecule has 0 aromatic heterocycles. The highest BCUT2D eigenvalue weighted by Gasteiger charge is 2.18. The van der Waals surface area contributed by atoms with Crippen LogP contribution in [0.4, 0.5) is 5.69 Å². The van der Waals surface area contributed by atoms with Gasteiger partial charge < -0.3 is 15.3 Å². The van der Waals surface area contributed by atoms with Crippen LogP contribution in [0.25, 0.3) is 0 Å². The largest absolute Gasteiger partial charge is 0.478 e. The van der Waals surface area contributed by atoms with E-state index in [2.05, 4.69) is 21.2 Å². The van der Waals surface area contributed by atoms with Crippen LogP contribution < -0.4 is 10.2 Å². The Morgan fingerprint density at radius 2 is 1.74 bits per heavy atom. The molecule has 144 valence electrons. The second-order valence-electron chi connectivity index (χ2n) is 6.81. The number of para-hydroxylation sites is 1. The maximum Gasteiger partial charge on any atom is 0.335 e. The Bertz CT molecular complexity index is 743. The fraction of sp³-hybridized carbons (Fsp3) is 0.381. The number of carbonyl (C=O) groups is 1. The van der Waals surface area contributed by atoms with Crippen LogP contribution >= 0.6 is 11.6 Å². The Kier molecular flexibility index (Phi) is 7.10. The number of piperazine rings is 1. The lowest BCUT2D eigenvalue weighted by Crippen LogP contribution is -2.47. The molecule has 5 nitrogen and oxygen atoms in total. The molecule has 0 amide bonds. The second-order valence-corrected chi connectivity index (χ2v) is 7.22. The van der Waals surface area contributed by atoms with Crippen molar-refractivity contribution in [2.75, 3.05) is 44.2 Å². The normalized spacial score (nSPS) is 15.1. The van der Waals surface area contributed by atoms with Gasteiger partial charge in [-0.3, -0.25) is 4.90 Å². The Morgan fingerprint density at radius 3 is 2.41 bits per heavy atom. The molecule has 1 aliphatic heterocycles. The number of nitrogens with zero attached hydrogens (tertiary/aromatic N) is 2. The van der Waals surface area contributed by atoms with Gasteiger partial charge in [0.1, 0.15) is 0 Å². The quantitative estimate of drug-likeness (QED) is 0.680. The van der Waals surface area contributed by atoms with Gasteiger partial charge in [0.2, 0.25) is 0 Å². The van der Waals surface area contributed by atoms with Crippen LogP contribution in [-0.4, -0.2) is 55.2 Å². The van der Waals surface area contributed by atoms with Gasteiger partial charge in [0.25, 0.3) is 0 Å². The first-order valence-corrected chi connectivity index (χ1v) is 9.76. The van der Waals surface area contributed by atoms with Crippen molar-refractivity contribution in [3.05, 3.63) is 64.7 Å². The Morgan fingerprint density at radius 1 is 1.04 bits per heavy atom. The van der Waals surface area contributed by atoms with E-state index in [1.54, 1.807) is 12.1 Å². The molecule has 2 aromatic carbocycles. The number of rotatable bonds is 8. The summed E-state index contributed by atoms with van der Waals surface area (Å²) < 4.78 is 0. The zero-order valence-corrected chi connectivity index (χ0v) is 16.2. The lowest BCUT2D eigenvalue weighted by atomic mass is 10.1. The van der Waals surface area contributed by atoms with E-state index in [4.69, 9.17) is 16.7 Å². The summed E-state index contributed by atoms with van der Waals surface area (Å²) in [6.07, 6.45) is 1.10. The smallest absolute Gasteiger partial charge is 0.335 e. The molecule has 1 fully saturated rings. The molecule has 0 atom stereocenters. The molecule has 2 N–H and O–H groups in total. The van der Waals surface area contributed by atoms with Crippen molar-refractivity contribution in [1.82, 2.24) is 10.2 Å². The van der Waals surface area contributed by atoms with Gasteiger partial charge in [-0.15, -0.1) is 0 Å². The number of aromatic carboxylic acids is 1. The molecule has 27 heavy (non-hydrogen) atoms. The fourth-order valence-electron chi connectivity index (χ4n) is 3.35. The van der Waals surface area contributed by atoms with E-state index in [1.807, 2.05) is 30.3 Å². The maximum atomic E-state index is 10.8. The highest BCUT2D eigenvalue weighted by atomic mass is 35.5. The average molecular weight is 388 g/mol. The van der Waals surface area contributed by atoms with E-state index >= 15 is 0 Å². The summed E-state index contributed by atoms with van der Waals surface area (Å²) in [5, 5.41) is 13.2. The van der Waals surface area contributed by atoms with Crippen LogP contribution in [0.5, 0.6) is 0 Å². The topological polar surface area (TPSA) is 55.8 Å². The third kappa shape index (κ3) is 5.70. The first-order valence-electron chi connectivity index (χ1n) is 9.38. The molecular weight excluding hydrogens is 362 g/mol. The number of hydrogen-bond donors (Lipinski definition) is 2. The van der Waals surface area contributed by atoms with E-state index < -0.39 is 5.97 Å². The highest BCUT2D eigenvalue weighted by Crippen LogP contribution is 2.25. The van der Waals surface area contributed by atoms with Crippen LogP contribution in [0.2, 0.25) is 5.02 Å². The third-order valence-corrected chi connectivity index (χ3v) is 5.24. The monoisotopic (exact) mass is 387 g/mol. The molecule has 0 aliphatic carbocycles. The first kappa shape index (κ1) is 19.7. The van der Waals surface area contributed by atoms with Crippen molar-refractivity contribution in [2.45, 2.75) is 13.0 Å². The van der Waals surface area contributed by atoms with E-state index in [1.165, 1.54) is 0 Å². The van der Waals surface area contributed by atoms with E-state index in [0.717, 1.165) is 68.5 Å². The maximum absolute atomic E-state index is 10.8. The van der Waals surface area contributed by atoms with Crippen molar-refractivity contribution in [3.8, 4) is 0 Å². The molecule has 0 bridgehead atoms. The van der Waals surface area contributed by atoms with Crippen molar-refractivity contribution in [2.24, 2.45) is 0 Å². The lowest BCUT2D eigenvalue weighted by molar-refractivity contribution is 0.0697. The third-order valence-electron chi connectivity index (χ3n) is 4.92. The van der Waals surface area contributed by atoms with Gasteiger partial charge in [-0.1, -0.05) is 35.9 Å². The first-order chi connectivity index (χ1) is 13.1. The van der Waals surface area contributed by atoms with Crippen LogP contribution in [0, 0.1) is 0 Å². The Labute approximate surface area is 165 Å². The molecule has 0 radical (unpaired) electrons. The summed E-state index contributed by atoms with van der Waals surface area (Å²) in [6, 6.07) is 15.1. The molecule has 0 unspecified atom stereocenters. The zero-order chi connectivity index (χ0) is 19.1. The van der Waals surface area contributed by atoms with Gasteiger partial charge in [0.15, 0.2) is 0 Å². The van der Waals surface area contributed by atoms with Gasteiger partial charge in [0, 0.05) is 32.7 Å². The summed E-state index contributed by atoms with van der Waals surface area (Å²) in [6.45, 7) is 6.93. The molecular formula is C21H26ClN3O2. The van der Waals surface area contributed by atoms with E-state index in [0.29, 0.717) is 5.56 Å². The minimum Gasteiger partial charge on any atom is -0.478 e. The van der Waals surface area contributed by atoms with E-state index in [-0.39, 0.29) is 0 Å². The molecule has 6 heteroatoms. The second kappa shape index (κ2) is 9.74. The van der Waals surface area contributed by atoms with Crippen LogP contribution in [0.3, 0.4) is 0 Å². The molecule has 1 aliphatic rings. The van der Waals surface area contributed by atoms with Crippen molar-refractivity contribution < 1.29 is 9.90 Å². The van der Waals surface area contributed by atoms with Gasteiger partial charge in [0.05, 0.1) is 16.3 Å². The Balaban J connectivity index is 1.31.